The molecule has 1 N–H and O–H groups in total. The molecule has 2 heterocycles. The van der Waals surface area contributed by atoms with Crippen molar-refractivity contribution in [2.45, 2.75) is 18.7 Å². The van der Waals surface area contributed by atoms with Crippen LogP contribution in [0.4, 0.5) is 5.13 Å². The molecule has 34 heavy (non-hydrogen) atoms. The number of ether oxygens (including phenoxy) is 1. The number of amides is 1. The minimum atomic E-state index is -3.64. The number of thiazole rings is 1. The smallest absolute Gasteiger partial charge is 0.235 e. The minimum Gasteiger partial charge on any atom is -0.494 e. The monoisotopic (exact) mass is 502 g/mol. The summed E-state index contributed by atoms with van der Waals surface area (Å²) in [4.78, 5) is 21.8. The maximum Gasteiger partial charge on any atom is 0.235 e. The van der Waals surface area contributed by atoms with Gasteiger partial charge in [0.2, 0.25) is 5.91 Å². The van der Waals surface area contributed by atoms with Crippen LogP contribution in [-0.4, -0.2) is 76.3 Å². The fraction of sp³-hybridized carbons (Fsp3) is 0.417. The minimum absolute atomic E-state index is 0.173. The van der Waals surface area contributed by atoms with E-state index in [0.29, 0.717) is 13.1 Å². The van der Waals surface area contributed by atoms with Gasteiger partial charge in [-0.3, -0.25) is 9.69 Å². The Kier molecular flexibility index (Phi) is 7.39. The Morgan fingerprint density at radius 3 is 2.47 bits per heavy atom. The summed E-state index contributed by atoms with van der Waals surface area (Å²) in [5.74, 6) is -0.218. The summed E-state index contributed by atoms with van der Waals surface area (Å²) in [7, 11) is -1.97. The number of carbonyl (C=O) groups is 1. The summed E-state index contributed by atoms with van der Waals surface area (Å²) < 4.78 is 31.5. The summed E-state index contributed by atoms with van der Waals surface area (Å²) in [6.45, 7) is 8.46. The number of aromatic nitrogens is 1. The second-order valence-corrected chi connectivity index (χ2v) is 11.5. The van der Waals surface area contributed by atoms with Crippen LogP contribution in [0.2, 0.25) is 0 Å². The molecule has 182 valence electrons. The Labute approximate surface area is 204 Å². The second-order valence-electron chi connectivity index (χ2n) is 8.51. The van der Waals surface area contributed by atoms with Gasteiger partial charge >= 0.3 is 0 Å². The topological polar surface area (TPSA) is 91.8 Å². The van der Waals surface area contributed by atoms with Crippen molar-refractivity contribution in [1.29, 1.82) is 0 Å². The lowest BCUT2D eigenvalue weighted by Crippen LogP contribution is -2.48. The molecular formula is C24H30N4O4S2. The quantitative estimate of drug-likeness (QED) is 0.506. The van der Waals surface area contributed by atoms with Crippen molar-refractivity contribution in [3.8, 4) is 5.75 Å². The number of rotatable bonds is 8. The number of hydrogen-bond acceptors (Lipinski definition) is 8. The van der Waals surface area contributed by atoms with Crippen molar-refractivity contribution in [2.24, 2.45) is 0 Å². The highest BCUT2D eigenvalue weighted by Crippen LogP contribution is 2.36. The van der Waals surface area contributed by atoms with Crippen LogP contribution in [-0.2, 0) is 14.6 Å². The molecule has 2 aromatic carbocycles. The molecule has 4 rings (SSSR count). The first-order valence-corrected chi connectivity index (χ1v) is 13.7. The summed E-state index contributed by atoms with van der Waals surface area (Å²) in [5.41, 5.74) is 3.08. The summed E-state index contributed by atoms with van der Waals surface area (Å²) in [6.07, 6.45) is 0. The third kappa shape index (κ3) is 5.51. The predicted molar refractivity (Wildman–Crippen MR) is 136 cm³/mol. The van der Waals surface area contributed by atoms with Gasteiger partial charge in [-0.15, -0.1) is 0 Å². The van der Waals surface area contributed by atoms with Crippen LogP contribution in [0.3, 0.4) is 0 Å². The number of aryl methyl sites for hydroxylation is 2. The first kappa shape index (κ1) is 24.4. The molecule has 1 amide bonds. The second kappa shape index (κ2) is 10.3. The maximum absolute atomic E-state index is 12.4. The van der Waals surface area contributed by atoms with E-state index in [4.69, 9.17) is 9.72 Å². The highest BCUT2D eigenvalue weighted by Gasteiger charge is 2.22. The number of anilines is 1. The first-order valence-electron chi connectivity index (χ1n) is 11.2. The number of piperazine rings is 1. The number of nitrogens with one attached hydrogen (secondary N) is 1. The van der Waals surface area contributed by atoms with Crippen molar-refractivity contribution in [1.82, 2.24) is 15.2 Å². The van der Waals surface area contributed by atoms with Gasteiger partial charge in [-0.05, 0) is 37.6 Å². The van der Waals surface area contributed by atoms with Crippen molar-refractivity contribution in [2.75, 3.05) is 57.0 Å². The first-order chi connectivity index (χ1) is 16.3. The van der Waals surface area contributed by atoms with Gasteiger partial charge in [0, 0.05) is 39.3 Å². The molecule has 3 aromatic rings. The van der Waals surface area contributed by atoms with E-state index in [1.165, 1.54) is 5.56 Å². The van der Waals surface area contributed by atoms with Crippen molar-refractivity contribution in [3.63, 3.8) is 0 Å². The van der Waals surface area contributed by atoms with E-state index in [1.54, 1.807) is 42.7 Å². The summed E-state index contributed by atoms with van der Waals surface area (Å²) in [5, 5.41) is 3.75. The fourth-order valence-corrected chi connectivity index (χ4v) is 6.23. The van der Waals surface area contributed by atoms with Crippen molar-refractivity contribution < 1.29 is 17.9 Å². The number of carbonyl (C=O) groups excluding carboxylic acids is 1. The van der Waals surface area contributed by atoms with Crippen LogP contribution in [0, 0.1) is 13.8 Å². The molecule has 0 unspecified atom stereocenters. The van der Waals surface area contributed by atoms with Crippen LogP contribution >= 0.6 is 11.3 Å². The van der Waals surface area contributed by atoms with Crippen LogP contribution in [0.15, 0.2) is 41.3 Å². The van der Waals surface area contributed by atoms with Gasteiger partial charge in [-0.2, -0.15) is 0 Å². The van der Waals surface area contributed by atoms with Gasteiger partial charge < -0.3 is 15.0 Å². The maximum atomic E-state index is 12.4. The fourth-order valence-electron chi connectivity index (χ4n) is 3.97. The third-order valence-electron chi connectivity index (χ3n) is 6.01. The molecule has 8 nitrogen and oxygen atoms in total. The largest absolute Gasteiger partial charge is 0.494 e. The molecule has 1 aliphatic rings. The number of fused-ring (bicyclic) bond motifs is 1. The third-order valence-corrected chi connectivity index (χ3v) is 8.89. The average Bonchev–Trinajstić information content (AvgIpc) is 3.26. The van der Waals surface area contributed by atoms with Crippen molar-refractivity contribution in [3.05, 3.63) is 47.5 Å². The summed E-state index contributed by atoms with van der Waals surface area (Å²) >= 11 is 1.69. The Bertz CT molecular complexity index is 1260. The van der Waals surface area contributed by atoms with Gasteiger partial charge in [0.25, 0.3) is 0 Å². The highest BCUT2D eigenvalue weighted by molar-refractivity contribution is 7.92. The van der Waals surface area contributed by atoms with E-state index in [0.717, 1.165) is 52.8 Å². The predicted octanol–water partition coefficient (Wildman–Crippen LogP) is 2.63. The molecular weight excluding hydrogens is 472 g/mol. The molecule has 0 saturated carbocycles. The van der Waals surface area contributed by atoms with E-state index in [2.05, 4.69) is 28.1 Å². The normalized spacial score (nSPS) is 15.0. The lowest BCUT2D eigenvalue weighted by Gasteiger charge is -2.34. The Morgan fingerprint density at radius 2 is 1.79 bits per heavy atom. The van der Waals surface area contributed by atoms with Gasteiger partial charge in [0.15, 0.2) is 15.0 Å². The van der Waals surface area contributed by atoms with E-state index in [-0.39, 0.29) is 4.90 Å². The SMILES string of the molecule is COc1ccc(C)c2sc(N3CCN(CCNC(=O)CS(=O)(=O)c4ccc(C)cc4)CC3)nc12. The Hall–Kier alpha value is -2.69. The number of methoxy groups -OCH3 is 1. The lowest BCUT2D eigenvalue weighted by atomic mass is 10.2. The highest BCUT2D eigenvalue weighted by atomic mass is 32.2. The van der Waals surface area contributed by atoms with Crippen LogP contribution in [0.1, 0.15) is 11.1 Å². The van der Waals surface area contributed by atoms with Gasteiger partial charge in [0.1, 0.15) is 17.0 Å². The molecule has 0 atom stereocenters. The standard InChI is InChI=1S/C24H30N4O4S2/c1-17-4-7-19(8-5-17)34(30,31)16-21(29)25-10-11-27-12-14-28(15-13-27)24-26-22-20(32-3)9-6-18(2)23(22)33-24/h4-9H,10-16H2,1-3H3,(H,25,29). The van der Waals surface area contributed by atoms with E-state index in [1.807, 2.05) is 13.0 Å². The zero-order valence-corrected chi connectivity index (χ0v) is 21.3. The molecule has 1 fully saturated rings. The molecule has 1 saturated heterocycles. The number of hydrogen-bond donors (Lipinski definition) is 1. The zero-order chi connectivity index (χ0) is 24.3. The molecule has 1 aliphatic heterocycles. The molecule has 10 heteroatoms. The number of sulfone groups is 1. The average molecular weight is 503 g/mol. The van der Waals surface area contributed by atoms with E-state index >= 15 is 0 Å². The molecule has 0 aliphatic carbocycles. The van der Waals surface area contributed by atoms with Crippen LogP contribution < -0.4 is 15.0 Å². The van der Waals surface area contributed by atoms with Gasteiger partial charge in [-0.1, -0.05) is 35.1 Å². The molecule has 0 bridgehead atoms. The van der Waals surface area contributed by atoms with Crippen molar-refractivity contribution >= 4 is 42.4 Å². The number of nitrogens with zero attached hydrogens (tertiary/aromatic N) is 3. The molecule has 0 spiro atoms. The number of benzene rings is 2. The summed E-state index contributed by atoms with van der Waals surface area (Å²) in [6, 6.07) is 10.6. The Balaban J connectivity index is 1.25. The zero-order valence-electron chi connectivity index (χ0n) is 19.7. The Morgan fingerprint density at radius 1 is 1.09 bits per heavy atom. The van der Waals surface area contributed by atoms with Gasteiger partial charge in [0.05, 0.1) is 16.7 Å². The van der Waals surface area contributed by atoms with E-state index in [9.17, 15) is 13.2 Å². The lowest BCUT2D eigenvalue weighted by molar-refractivity contribution is -0.118. The van der Waals surface area contributed by atoms with E-state index < -0.39 is 21.5 Å². The van der Waals surface area contributed by atoms with Crippen LogP contribution in [0.5, 0.6) is 5.75 Å². The molecule has 0 radical (unpaired) electrons. The van der Waals surface area contributed by atoms with Gasteiger partial charge in [-0.25, -0.2) is 13.4 Å². The van der Waals surface area contributed by atoms with Crippen LogP contribution in [0.25, 0.3) is 10.2 Å². The molecule has 1 aromatic heterocycles.